The van der Waals surface area contributed by atoms with Crippen molar-refractivity contribution in [3.63, 3.8) is 0 Å². The summed E-state index contributed by atoms with van der Waals surface area (Å²) in [5.74, 6) is -0.283. The highest BCUT2D eigenvalue weighted by molar-refractivity contribution is 9.10. The fraction of sp³-hybridized carbons (Fsp3) is 0.0526. The highest BCUT2D eigenvalue weighted by Crippen LogP contribution is 2.25. The standard InChI is InChI=1S/C19H14BrClN2O4S/c1-23(28(25,26)18-8-2-15(21)3-9-18)16-4-6-17(7-5-16)27-19(24)13-10-14(20)12-22-11-13/h2-12H,1H3. The molecule has 1 heterocycles. The molecule has 0 fully saturated rings. The molecule has 0 aliphatic rings. The largest absolute Gasteiger partial charge is 0.423 e. The van der Waals surface area contributed by atoms with Crippen LogP contribution in [0.15, 0.2) is 76.4 Å². The summed E-state index contributed by atoms with van der Waals surface area (Å²) in [6.45, 7) is 0. The maximum atomic E-state index is 12.7. The van der Waals surface area contributed by atoms with E-state index >= 15 is 0 Å². The quantitative estimate of drug-likeness (QED) is 0.395. The molecule has 3 rings (SSSR count). The van der Waals surface area contributed by atoms with Gasteiger partial charge in [-0.15, -0.1) is 0 Å². The molecule has 0 aliphatic carbocycles. The maximum absolute atomic E-state index is 12.7. The van der Waals surface area contributed by atoms with Gasteiger partial charge < -0.3 is 4.74 Å². The van der Waals surface area contributed by atoms with E-state index in [2.05, 4.69) is 20.9 Å². The molecule has 0 saturated heterocycles. The minimum Gasteiger partial charge on any atom is -0.423 e. The molecule has 28 heavy (non-hydrogen) atoms. The highest BCUT2D eigenvalue weighted by atomic mass is 79.9. The van der Waals surface area contributed by atoms with Crippen molar-refractivity contribution in [1.29, 1.82) is 0 Å². The van der Waals surface area contributed by atoms with Gasteiger partial charge in [0.15, 0.2) is 0 Å². The van der Waals surface area contributed by atoms with Crippen molar-refractivity contribution in [3.05, 3.63) is 82.0 Å². The first-order valence-electron chi connectivity index (χ1n) is 7.95. The highest BCUT2D eigenvalue weighted by Gasteiger charge is 2.21. The third kappa shape index (κ3) is 4.52. The molecular weight excluding hydrogens is 468 g/mol. The van der Waals surface area contributed by atoms with E-state index in [4.69, 9.17) is 16.3 Å². The van der Waals surface area contributed by atoms with Gasteiger partial charge in [0.25, 0.3) is 10.0 Å². The molecule has 0 N–H and O–H groups in total. The van der Waals surface area contributed by atoms with Crippen LogP contribution in [0.5, 0.6) is 5.75 Å². The van der Waals surface area contributed by atoms with E-state index < -0.39 is 16.0 Å². The van der Waals surface area contributed by atoms with Gasteiger partial charge in [0.1, 0.15) is 5.75 Å². The molecule has 1 aromatic heterocycles. The summed E-state index contributed by atoms with van der Waals surface area (Å²) >= 11 is 9.06. The van der Waals surface area contributed by atoms with E-state index in [0.717, 1.165) is 4.31 Å². The predicted molar refractivity (Wildman–Crippen MR) is 110 cm³/mol. The molecule has 0 saturated carbocycles. The van der Waals surface area contributed by atoms with E-state index in [-0.39, 0.29) is 10.6 Å². The van der Waals surface area contributed by atoms with E-state index in [9.17, 15) is 13.2 Å². The summed E-state index contributed by atoms with van der Waals surface area (Å²) in [6, 6.07) is 13.6. The Bertz CT molecular complexity index is 1100. The lowest BCUT2D eigenvalue weighted by atomic mass is 10.3. The fourth-order valence-electron chi connectivity index (χ4n) is 2.32. The maximum Gasteiger partial charge on any atom is 0.345 e. The zero-order chi connectivity index (χ0) is 20.3. The molecule has 9 heteroatoms. The fourth-order valence-corrected chi connectivity index (χ4v) is 4.00. The normalized spacial score (nSPS) is 11.1. The molecule has 0 radical (unpaired) electrons. The van der Waals surface area contributed by atoms with E-state index in [1.807, 2.05) is 0 Å². The Morgan fingerprint density at radius 1 is 1.07 bits per heavy atom. The minimum absolute atomic E-state index is 0.122. The van der Waals surface area contributed by atoms with Crippen LogP contribution in [0, 0.1) is 0 Å². The van der Waals surface area contributed by atoms with Crippen molar-refractivity contribution in [3.8, 4) is 5.75 Å². The Labute approximate surface area is 175 Å². The summed E-state index contributed by atoms with van der Waals surface area (Å²) in [7, 11) is -2.30. The molecule has 0 unspecified atom stereocenters. The van der Waals surface area contributed by atoms with Crippen LogP contribution in [0.1, 0.15) is 10.4 Å². The number of halogens is 2. The summed E-state index contributed by atoms with van der Waals surface area (Å²) in [4.78, 5) is 16.2. The number of hydrogen-bond donors (Lipinski definition) is 0. The number of benzene rings is 2. The third-order valence-corrected chi connectivity index (χ3v) is 6.31. The number of hydrogen-bond acceptors (Lipinski definition) is 5. The molecule has 3 aromatic rings. The summed E-state index contributed by atoms with van der Waals surface area (Å²) in [6.07, 6.45) is 2.95. The Kier molecular flexibility index (Phi) is 6.02. The van der Waals surface area contributed by atoms with Gasteiger partial charge in [0, 0.05) is 28.9 Å². The SMILES string of the molecule is CN(c1ccc(OC(=O)c2cncc(Br)c2)cc1)S(=O)(=O)c1ccc(Cl)cc1. The van der Waals surface area contributed by atoms with Crippen molar-refractivity contribution >= 4 is 49.2 Å². The molecule has 0 bridgehead atoms. The van der Waals surface area contributed by atoms with E-state index in [0.29, 0.717) is 20.7 Å². The van der Waals surface area contributed by atoms with Crippen LogP contribution >= 0.6 is 27.5 Å². The van der Waals surface area contributed by atoms with Gasteiger partial charge in [-0.05, 0) is 70.5 Å². The van der Waals surface area contributed by atoms with Crippen LogP contribution in [0.25, 0.3) is 0 Å². The number of pyridine rings is 1. The van der Waals surface area contributed by atoms with Gasteiger partial charge in [-0.2, -0.15) is 0 Å². The first-order valence-corrected chi connectivity index (χ1v) is 10.6. The van der Waals surface area contributed by atoms with Crippen LogP contribution in [0.3, 0.4) is 0 Å². The van der Waals surface area contributed by atoms with Gasteiger partial charge in [0.05, 0.1) is 16.1 Å². The van der Waals surface area contributed by atoms with Crippen LogP contribution in [0.4, 0.5) is 5.69 Å². The van der Waals surface area contributed by atoms with Crippen LogP contribution in [-0.4, -0.2) is 26.4 Å². The van der Waals surface area contributed by atoms with E-state index in [1.165, 1.54) is 49.6 Å². The number of nitrogens with zero attached hydrogens (tertiary/aromatic N) is 2. The Balaban J connectivity index is 1.76. The topological polar surface area (TPSA) is 76.6 Å². The zero-order valence-corrected chi connectivity index (χ0v) is 17.7. The predicted octanol–water partition coefficient (Wildman–Crippen LogP) is 4.54. The minimum atomic E-state index is -3.74. The lowest BCUT2D eigenvalue weighted by molar-refractivity contribution is 0.0734. The number of sulfonamides is 1. The van der Waals surface area contributed by atoms with Gasteiger partial charge in [-0.1, -0.05) is 11.6 Å². The molecular formula is C19H14BrClN2O4S. The first kappa shape index (κ1) is 20.3. The number of aromatic nitrogens is 1. The van der Waals surface area contributed by atoms with Gasteiger partial charge >= 0.3 is 5.97 Å². The van der Waals surface area contributed by atoms with Crippen molar-refractivity contribution in [1.82, 2.24) is 4.98 Å². The van der Waals surface area contributed by atoms with Crippen molar-refractivity contribution in [2.24, 2.45) is 0 Å². The second-order valence-electron chi connectivity index (χ2n) is 5.70. The van der Waals surface area contributed by atoms with Crippen molar-refractivity contribution in [2.75, 3.05) is 11.4 Å². The second-order valence-corrected chi connectivity index (χ2v) is 9.02. The zero-order valence-electron chi connectivity index (χ0n) is 14.5. The van der Waals surface area contributed by atoms with Crippen molar-refractivity contribution < 1.29 is 17.9 Å². The number of ether oxygens (including phenoxy) is 1. The van der Waals surface area contributed by atoms with Crippen molar-refractivity contribution in [2.45, 2.75) is 4.90 Å². The second kappa shape index (κ2) is 8.30. The first-order chi connectivity index (χ1) is 13.3. The van der Waals surface area contributed by atoms with Crippen LogP contribution < -0.4 is 9.04 Å². The average Bonchev–Trinajstić information content (AvgIpc) is 2.68. The number of anilines is 1. The summed E-state index contributed by atoms with van der Waals surface area (Å²) < 4.78 is 32.5. The smallest absolute Gasteiger partial charge is 0.345 e. The monoisotopic (exact) mass is 480 g/mol. The average molecular weight is 482 g/mol. The number of carbonyl (C=O) groups excluding carboxylic acids is 1. The van der Waals surface area contributed by atoms with Crippen LogP contribution in [-0.2, 0) is 10.0 Å². The number of esters is 1. The van der Waals surface area contributed by atoms with Gasteiger partial charge in [-0.3, -0.25) is 9.29 Å². The molecule has 0 atom stereocenters. The van der Waals surface area contributed by atoms with E-state index in [1.54, 1.807) is 24.4 Å². The Hall–Kier alpha value is -2.42. The molecule has 0 aliphatic heterocycles. The molecule has 6 nitrogen and oxygen atoms in total. The molecule has 0 amide bonds. The molecule has 144 valence electrons. The summed E-state index contributed by atoms with van der Waals surface area (Å²) in [5.41, 5.74) is 0.708. The van der Waals surface area contributed by atoms with Gasteiger partial charge in [0.2, 0.25) is 0 Å². The third-order valence-electron chi connectivity index (χ3n) is 3.82. The molecule has 2 aromatic carbocycles. The number of carbonyl (C=O) groups is 1. The lowest BCUT2D eigenvalue weighted by Gasteiger charge is -2.19. The Morgan fingerprint density at radius 2 is 1.71 bits per heavy atom. The Morgan fingerprint density at radius 3 is 2.32 bits per heavy atom. The summed E-state index contributed by atoms with van der Waals surface area (Å²) in [5, 5.41) is 0.452. The van der Waals surface area contributed by atoms with Crippen LogP contribution in [0.2, 0.25) is 5.02 Å². The molecule has 0 spiro atoms. The lowest BCUT2D eigenvalue weighted by Crippen LogP contribution is -2.26. The number of rotatable bonds is 5. The van der Waals surface area contributed by atoms with Gasteiger partial charge in [-0.25, -0.2) is 13.2 Å².